The molecule has 0 spiro atoms. The molecule has 1 aliphatic rings. The van der Waals surface area contributed by atoms with E-state index in [0.717, 1.165) is 54.8 Å². The van der Waals surface area contributed by atoms with Crippen LogP contribution in [0.25, 0.3) is 0 Å². The third-order valence-electron chi connectivity index (χ3n) is 6.56. The fourth-order valence-electron chi connectivity index (χ4n) is 4.40. The predicted molar refractivity (Wildman–Crippen MR) is 131 cm³/mol. The average molecular weight is 433 g/mol. The van der Waals surface area contributed by atoms with Gasteiger partial charge in [0.15, 0.2) is 5.78 Å². The molecule has 4 nitrogen and oxygen atoms in total. The van der Waals surface area contributed by atoms with Crippen molar-refractivity contribution in [2.24, 2.45) is 11.8 Å². The van der Waals surface area contributed by atoms with Gasteiger partial charge in [0, 0.05) is 17.2 Å². The minimum atomic E-state index is 0.104. The number of aryl methyl sites for hydroxylation is 2. The maximum Gasteiger partial charge on any atom is 0.227 e. The number of carbonyl (C=O) groups is 2. The van der Waals surface area contributed by atoms with E-state index in [1.54, 1.807) is 13.0 Å². The number of nitrogens with one attached hydrogen (secondary N) is 1. The summed E-state index contributed by atoms with van der Waals surface area (Å²) in [5, 5.41) is 12.0. The SMILES string of the molecule is CCC1CCC(C(=O)Nc2ccc(C)c(C#N)c2)CC1.CCc1c(C)cccc1C(C)=O. The van der Waals surface area contributed by atoms with Crippen LogP contribution in [0.2, 0.25) is 0 Å². The lowest BCUT2D eigenvalue weighted by atomic mass is 9.80. The number of nitriles is 1. The van der Waals surface area contributed by atoms with E-state index in [2.05, 4.69) is 25.2 Å². The summed E-state index contributed by atoms with van der Waals surface area (Å²) in [6.07, 6.45) is 6.44. The monoisotopic (exact) mass is 432 g/mol. The Morgan fingerprint density at radius 1 is 1.03 bits per heavy atom. The summed E-state index contributed by atoms with van der Waals surface area (Å²) < 4.78 is 0. The van der Waals surface area contributed by atoms with E-state index in [-0.39, 0.29) is 17.6 Å². The first-order valence-corrected chi connectivity index (χ1v) is 11.7. The summed E-state index contributed by atoms with van der Waals surface area (Å²) in [6, 6.07) is 13.5. The minimum Gasteiger partial charge on any atom is -0.326 e. The molecule has 0 aromatic heterocycles. The Bertz CT molecular complexity index is 979. The van der Waals surface area contributed by atoms with Gasteiger partial charge >= 0.3 is 0 Å². The zero-order chi connectivity index (χ0) is 23.7. The minimum absolute atomic E-state index is 0.104. The number of hydrogen-bond donors (Lipinski definition) is 1. The van der Waals surface area contributed by atoms with Gasteiger partial charge in [0.1, 0.15) is 0 Å². The van der Waals surface area contributed by atoms with Crippen LogP contribution in [0.15, 0.2) is 36.4 Å². The molecule has 4 heteroatoms. The van der Waals surface area contributed by atoms with Gasteiger partial charge in [-0.05, 0) is 87.6 Å². The second-order valence-electron chi connectivity index (χ2n) is 8.77. The molecule has 0 bridgehead atoms. The first kappa shape index (κ1) is 25.3. The van der Waals surface area contributed by atoms with Gasteiger partial charge in [-0.25, -0.2) is 0 Å². The number of anilines is 1. The third kappa shape index (κ3) is 6.79. The Kier molecular flexibility index (Phi) is 9.65. The zero-order valence-electron chi connectivity index (χ0n) is 20.1. The Labute approximate surface area is 193 Å². The number of benzene rings is 2. The standard InChI is InChI=1S/C17H22N2O.C11H14O/c1-3-13-5-7-14(8-6-13)17(20)19-16-9-4-12(2)15(10-16)11-18;1-4-10-8(2)6-5-7-11(10)9(3)12/h4,9-10,13-14H,3,5-8H2,1-2H3,(H,19,20);5-7H,4H2,1-3H3. The van der Waals surface area contributed by atoms with Crippen molar-refractivity contribution in [1.29, 1.82) is 5.26 Å². The Morgan fingerprint density at radius 3 is 2.25 bits per heavy atom. The number of carbonyl (C=O) groups excluding carboxylic acids is 2. The van der Waals surface area contributed by atoms with E-state index in [1.165, 1.54) is 17.5 Å². The summed E-state index contributed by atoms with van der Waals surface area (Å²) in [4.78, 5) is 23.4. The number of amides is 1. The van der Waals surface area contributed by atoms with Crippen LogP contribution in [0.1, 0.15) is 85.5 Å². The number of rotatable bonds is 5. The molecule has 0 unspecified atom stereocenters. The molecule has 1 saturated carbocycles. The van der Waals surface area contributed by atoms with Crippen molar-refractivity contribution < 1.29 is 9.59 Å². The second-order valence-corrected chi connectivity index (χ2v) is 8.77. The highest BCUT2D eigenvalue weighted by atomic mass is 16.2. The molecule has 170 valence electrons. The molecule has 1 N–H and O–H groups in total. The van der Waals surface area contributed by atoms with E-state index in [9.17, 15) is 9.59 Å². The third-order valence-corrected chi connectivity index (χ3v) is 6.56. The molecule has 2 aromatic carbocycles. The lowest BCUT2D eigenvalue weighted by molar-refractivity contribution is -0.121. The summed E-state index contributed by atoms with van der Waals surface area (Å²) in [7, 11) is 0. The van der Waals surface area contributed by atoms with E-state index in [1.807, 2.05) is 44.2 Å². The summed E-state index contributed by atoms with van der Waals surface area (Å²) >= 11 is 0. The van der Waals surface area contributed by atoms with Crippen LogP contribution in [0, 0.1) is 37.0 Å². The topological polar surface area (TPSA) is 70.0 Å². The van der Waals surface area contributed by atoms with Crippen LogP contribution >= 0.6 is 0 Å². The van der Waals surface area contributed by atoms with Crippen LogP contribution in [0.4, 0.5) is 5.69 Å². The second kappa shape index (κ2) is 12.2. The van der Waals surface area contributed by atoms with Gasteiger partial charge in [-0.2, -0.15) is 5.26 Å². The molecule has 1 aliphatic carbocycles. The first-order valence-electron chi connectivity index (χ1n) is 11.7. The van der Waals surface area contributed by atoms with E-state index in [0.29, 0.717) is 5.56 Å². The van der Waals surface area contributed by atoms with Crippen molar-refractivity contribution in [3.8, 4) is 6.07 Å². The molecule has 1 fully saturated rings. The largest absolute Gasteiger partial charge is 0.326 e. The highest BCUT2D eigenvalue weighted by Gasteiger charge is 2.25. The van der Waals surface area contributed by atoms with Crippen molar-refractivity contribution in [2.45, 2.75) is 73.1 Å². The smallest absolute Gasteiger partial charge is 0.227 e. The molecular formula is C28H36N2O2. The highest BCUT2D eigenvalue weighted by molar-refractivity contribution is 5.95. The molecular weight excluding hydrogens is 396 g/mol. The first-order chi connectivity index (χ1) is 15.3. The van der Waals surface area contributed by atoms with Gasteiger partial charge in [-0.3, -0.25) is 9.59 Å². The molecule has 3 rings (SSSR count). The number of nitrogens with zero attached hydrogens (tertiary/aromatic N) is 1. The molecule has 0 atom stereocenters. The zero-order valence-corrected chi connectivity index (χ0v) is 20.1. The van der Waals surface area contributed by atoms with Crippen LogP contribution in [-0.2, 0) is 11.2 Å². The summed E-state index contributed by atoms with van der Waals surface area (Å²) in [5.41, 5.74) is 5.56. The van der Waals surface area contributed by atoms with Crippen molar-refractivity contribution >= 4 is 17.4 Å². The number of Topliss-reactive ketones (excluding diaryl/α,β-unsaturated/α-hetero) is 1. The van der Waals surface area contributed by atoms with Crippen LogP contribution in [0.5, 0.6) is 0 Å². The van der Waals surface area contributed by atoms with E-state index >= 15 is 0 Å². The molecule has 0 saturated heterocycles. The quantitative estimate of drug-likeness (QED) is 0.529. The van der Waals surface area contributed by atoms with Crippen LogP contribution < -0.4 is 5.32 Å². The van der Waals surface area contributed by atoms with E-state index < -0.39 is 0 Å². The van der Waals surface area contributed by atoms with Gasteiger partial charge in [-0.1, -0.05) is 44.5 Å². The number of hydrogen-bond acceptors (Lipinski definition) is 3. The van der Waals surface area contributed by atoms with Gasteiger partial charge < -0.3 is 5.32 Å². The molecule has 1 amide bonds. The van der Waals surface area contributed by atoms with Gasteiger partial charge in [-0.15, -0.1) is 0 Å². The molecule has 2 aromatic rings. The maximum atomic E-state index is 12.3. The van der Waals surface area contributed by atoms with Crippen molar-refractivity contribution in [3.05, 3.63) is 64.2 Å². The van der Waals surface area contributed by atoms with Crippen LogP contribution in [0.3, 0.4) is 0 Å². The molecule has 32 heavy (non-hydrogen) atoms. The lowest BCUT2D eigenvalue weighted by Crippen LogP contribution is -2.27. The highest BCUT2D eigenvalue weighted by Crippen LogP contribution is 2.31. The molecule has 0 heterocycles. The number of ketones is 1. The van der Waals surface area contributed by atoms with Gasteiger partial charge in [0.05, 0.1) is 11.6 Å². The fraction of sp³-hybridized carbons (Fsp3) is 0.464. The van der Waals surface area contributed by atoms with Crippen molar-refractivity contribution in [2.75, 3.05) is 5.32 Å². The van der Waals surface area contributed by atoms with Crippen LogP contribution in [-0.4, -0.2) is 11.7 Å². The molecule has 0 aliphatic heterocycles. The van der Waals surface area contributed by atoms with Gasteiger partial charge in [0.2, 0.25) is 5.91 Å². The average Bonchev–Trinajstić information content (AvgIpc) is 2.80. The van der Waals surface area contributed by atoms with Crippen molar-refractivity contribution in [1.82, 2.24) is 0 Å². The van der Waals surface area contributed by atoms with E-state index in [4.69, 9.17) is 5.26 Å². The summed E-state index contributed by atoms with van der Waals surface area (Å²) in [6.45, 7) is 9.87. The summed E-state index contributed by atoms with van der Waals surface area (Å²) in [5.74, 6) is 1.19. The Morgan fingerprint density at radius 2 is 1.72 bits per heavy atom. The molecule has 0 radical (unpaired) electrons. The fourth-order valence-corrected chi connectivity index (χ4v) is 4.40. The normalized spacial score (nSPS) is 17.5. The Balaban J connectivity index is 0.000000258. The lowest BCUT2D eigenvalue weighted by Gasteiger charge is -2.26. The maximum absolute atomic E-state index is 12.3. The predicted octanol–water partition coefficient (Wildman–Crippen LogP) is 6.78. The van der Waals surface area contributed by atoms with Crippen molar-refractivity contribution in [3.63, 3.8) is 0 Å². The Hall–Kier alpha value is -2.93. The van der Waals surface area contributed by atoms with Gasteiger partial charge in [0.25, 0.3) is 0 Å².